The highest BCUT2D eigenvalue weighted by atomic mass is 16.3. The van der Waals surface area contributed by atoms with Gasteiger partial charge in [0.2, 0.25) is 0 Å². The van der Waals surface area contributed by atoms with Gasteiger partial charge in [-0.1, -0.05) is 34.1 Å². The first kappa shape index (κ1) is 11.0. The first-order chi connectivity index (χ1) is 4.95. The van der Waals surface area contributed by atoms with Crippen molar-refractivity contribution in [2.45, 2.75) is 47.0 Å². The Balaban J connectivity index is 3.28. The third-order valence-corrected chi connectivity index (χ3v) is 1.94. The third kappa shape index (κ3) is 7.86. The zero-order valence-corrected chi connectivity index (χ0v) is 8.35. The van der Waals surface area contributed by atoms with E-state index in [1.54, 1.807) is 0 Å². The van der Waals surface area contributed by atoms with Crippen LogP contribution in [0.3, 0.4) is 0 Å². The molecule has 68 valence electrons. The van der Waals surface area contributed by atoms with E-state index < -0.39 is 0 Å². The average Bonchev–Trinajstić information content (AvgIpc) is 1.85. The van der Waals surface area contributed by atoms with Crippen molar-refractivity contribution in [1.82, 2.24) is 0 Å². The first-order valence-corrected chi connectivity index (χ1v) is 4.56. The van der Waals surface area contributed by atoms with Gasteiger partial charge in [0.25, 0.3) is 0 Å². The van der Waals surface area contributed by atoms with Crippen LogP contribution in [-0.2, 0) is 0 Å². The minimum absolute atomic E-state index is 0.337. The fraction of sp³-hybridized carbons (Fsp3) is 1.00. The Labute approximate surface area is 70.8 Å². The molecule has 1 atom stereocenters. The lowest BCUT2D eigenvalue weighted by Gasteiger charge is -2.18. The highest BCUT2D eigenvalue weighted by Crippen LogP contribution is 2.22. The molecule has 0 bridgehead atoms. The van der Waals surface area contributed by atoms with Crippen molar-refractivity contribution in [2.24, 2.45) is 11.3 Å². The summed E-state index contributed by atoms with van der Waals surface area (Å²) in [6, 6.07) is 0. The molecule has 1 unspecified atom stereocenters. The Kier molecular flexibility index (Phi) is 4.74. The lowest BCUT2D eigenvalue weighted by molar-refractivity contribution is 0.221. The Bertz CT molecular complexity index is 91.5. The molecule has 0 fully saturated rings. The molecule has 0 amide bonds. The van der Waals surface area contributed by atoms with Gasteiger partial charge in [-0.3, -0.25) is 0 Å². The molecule has 11 heavy (non-hydrogen) atoms. The molecular weight excluding hydrogens is 136 g/mol. The summed E-state index contributed by atoms with van der Waals surface area (Å²) in [4.78, 5) is 0. The van der Waals surface area contributed by atoms with Crippen molar-refractivity contribution in [3.05, 3.63) is 0 Å². The molecule has 1 heteroatoms. The molecule has 0 saturated heterocycles. The smallest absolute Gasteiger partial charge is 0.0456 e. The predicted octanol–water partition coefficient (Wildman–Crippen LogP) is 2.83. The fourth-order valence-corrected chi connectivity index (χ4v) is 1.07. The molecule has 0 aromatic carbocycles. The number of hydrogen-bond donors (Lipinski definition) is 1. The van der Waals surface area contributed by atoms with E-state index in [-0.39, 0.29) is 0 Å². The Morgan fingerprint density at radius 3 is 2.18 bits per heavy atom. The van der Waals surface area contributed by atoms with Crippen LogP contribution in [0.4, 0.5) is 0 Å². The van der Waals surface area contributed by atoms with E-state index in [2.05, 4.69) is 27.7 Å². The SMILES string of the molecule is CC(CO)CCCC(C)(C)C. The molecule has 0 aliphatic rings. The number of hydrogen-bond acceptors (Lipinski definition) is 1. The van der Waals surface area contributed by atoms with Gasteiger partial charge in [-0.05, 0) is 24.2 Å². The molecule has 0 saturated carbocycles. The number of aliphatic hydroxyl groups is 1. The largest absolute Gasteiger partial charge is 0.396 e. The fourth-order valence-electron chi connectivity index (χ4n) is 1.07. The van der Waals surface area contributed by atoms with E-state index in [9.17, 15) is 0 Å². The van der Waals surface area contributed by atoms with Crippen LogP contribution >= 0.6 is 0 Å². The lowest BCUT2D eigenvalue weighted by Crippen LogP contribution is -2.07. The van der Waals surface area contributed by atoms with Crippen LogP contribution in [0.5, 0.6) is 0 Å². The normalized spacial score (nSPS) is 15.0. The molecule has 0 rings (SSSR count). The van der Waals surface area contributed by atoms with Crippen LogP contribution in [0.2, 0.25) is 0 Å². The maximum absolute atomic E-state index is 8.76. The molecule has 0 aromatic rings. The van der Waals surface area contributed by atoms with E-state index in [0.717, 1.165) is 6.42 Å². The number of aliphatic hydroxyl groups excluding tert-OH is 1. The van der Waals surface area contributed by atoms with Crippen molar-refractivity contribution < 1.29 is 5.11 Å². The molecule has 0 aliphatic heterocycles. The Morgan fingerprint density at radius 1 is 1.27 bits per heavy atom. The topological polar surface area (TPSA) is 20.2 Å². The summed E-state index contributed by atoms with van der Waals surface area (Å²) in [6.07, 6.45) is 3.66. The second kappa shape index (κ2) is 4.76. The molecule has 0 radical (unpaired) electrons. The minimum atomic E-state index is 0.337. The van der Waals surface area contributed by atoms with E-state index >= 15 is 0 Å². The summed E-state index contributed by atoms with van der Waals surface area (Å²) in [6.45, 7) is 9.22. The van der Waals surface area contributed by atoms with Crippen molar-refractivity contribution in [3.8, 4) is 0 Å². The van der Waals surface area contributed by atoms with E-state index in [0.29, 0.717) is 17.9 Å². The van der Waals surface area contributed by atoms with Crippen molar-refractivity contribution >= 4 is 0 Å². The molecule has 0 spiro atoms. The van der Waals surface area contributed by atoms with Crippen LogP contribution in [0, 0.1) is 11.3 Å². The van der Waals surface area contributed by atoms with E-state index in [1.165, 1.54) is 12.8 Å². The molecule has 0 heterocycles. The molecular formula is C10H22O. The van der Waals surface area contributed by atoms with Crippen molar-refractivity contribution in [2.75, 3.05) is 6.61 Å². The highest BCUT2D eigenvalue weighted by Gasteiger charge is 2.10. The molecule has 0 aliphatic carbocycles. The van der Waals surface area contributed by atoms with Gasteiger partial charge in [0.15, 0.2) is 0 Å². The van der Waals surface area contributed by atoms with Gasteiger partial charge in [-0.2, -0.15) is 0 Å². The Hall–Kier alpha value is -0.0400. The van der Waals surface area contributed by atoms with Crippen molar-refractivity contribution in [1.29, 1.82) is 0 Å². The van der Waals surface area contributed by atoms with Gasteiger partial charge < -0.3 is 5.11 Å². The predicted molar refractivity (Wildman–Crippen MR) is 49.6 cm³/mol. The maximum Gasteiger partial charge on any atom is 0.0456 e. The minimum Gasteiger partial charge on any atom is -0.396 e. The van der Waals surface area contributed by atoms with Crippen LogP contribution < -0.4 is 0 Å². The summed E-state index contributed by atoms with van der Waals surface area (Å²) in [7, 11) is 0. The van der Waals surface area contributed by atoms with Gasteiger partial charge in [0.1, 0.15) is 0 Å². The summed E-state index contributed by atoms with van der Waals surface area (Å²) in [5, 5.41) is 8.76. The lowest BCUT2D eigenvalue weighted by atomic mass is 9.88. The number of rotatable bonds is 4. The monoisotopic (exact) mass is 158 g/mol. The maximum atomic E-state index is 8.76. The summed E-state index contributed by atoms with van der Waals surface area (Å²) < 4.78 is 0. The third-order valence-electron chi connectivity index (χ3n) is 1.94. The average molecular weight is 158 g/mol. The highest BCUT2D eigenvalue weighted by molar-refractivity contribution is 4.62. The zero-order valence-electron chi connectivity index (χ0n) is 8.35. The van der Waals surface area contributed by atoms with Crippen molar-refractivity contribution in [3.63, 3.8) is 0 Å². The summed E-state index contributed by atoms with van der Waals surface area (Å²) >= 11 is 0. The zero-order chi connectivity index (χ0) is 8.91. The van der Waals surface area contributed by atoms with Crippen LogP contribution in [0.15, 0.2) is 0 Å². The van der Waals surface area contributed by atoms with Gasteiger partial charge >= 0.3 is 0 Å². The molecule has 1 nitrogen and oxygen atoms in total. The summed E-state index contributed by atoms with van der Waals surface area (Å²) in [5.74, 6) is 0.484. The molecule has 1 N–H and O–H groups in total. The first-order valence-electron chi connectivity index (χ1n) is 4.56. The van der Waals surface area contributed by atoms with Crippen LogP contribution in [0.1, 0.15) is 47.0 Å². The van der Waals surface area contributed by atoms with Gasteiger partial charge in [-0.15, -0.1) is 0 Å². The molecule has 0 aromatic heterocycles. The Morgan fingerprint density at radius 2 is 1.82 bits per heavy atom. The van der Waals surface area contributed by atoms with Gasteiger partial charge in [-0.25, -0.2) is 0 Å². The van der Waals surface area contributed by atoms with Crippen LogP contribution in [-0.4, -0.2) is 11.7 Å². The second-order valence-corrected chi connectivity index (χ2v) is 4.74. The standard InChI is InChI=1S/C10H22O/c1-9(8-11)6-5-7-10(2,3)4/h9,11H,5-8H2,1-4H3. The second-order valence-electron chi connectivity index (χ2n) is 4.74. The van der Waals surface area contributed by atoms with Crippen LogP contribution in [0.25, 0.3) is 0 Å². The summed E-state index contributed by atoms with van der Waals surface area (Å²) in [5.41, 5.74) is 0.454. The van der Waals surface area contributed by atoms with E-state index in [4.69, 9.17) is 5.11 Å². The quantitative estimate of drug-likeness (QED) is 0.667. The van der Waals surface area contributed by atoms with Gasteiger partial charge in [0, 0.05) is 6.61 Å². The van der Waals surface area contributed by atoms with Gasteiger partial charge in [0.05, 0.1) is 0 Å². The van der Waals surface area contributed by atoms with E-state index in [1.807, 2.05) is 0 Å².